The number of ether oxygens (including phenoxy) is 5. The summed E-state index contributed by atoms with van der Waals surface area (Å²) < 4.78 is 46.7. The molecule has 1 saturated heterocycles. The van der Waals surface area contributed by atoms with Crippen LogP contribution >= 0.6 is 8.53 Å². The van der Waals surface area contributed by atoms with Crippen molar-refractivity contribution in [2.45, 2.75) is 76.3 Å². The number of hydrogen-bond acceptors (Lipinski definition) is 11. The standard InChI is InChI=1S/C38H51BN3O8P/c1-27(2)42(28(3)4)51(47-24-12-23-40)50-35-34(45-25-26-46-41(5)6)36(39)48-37(35)49-38(29-13-10-9-11-14-29,30-15-19-32(43-7)20-16-30)31-17-21-33(44-8)22-18-31/h9-11,13-22,27-28,34-37H,12,24-26H2,1-8H3. The lowest BCUT2D eigenvalue weighted by atomic mass is 9.80. The Morgan fingerprint density at radius 1 is 0.804 bits per heavy atom. The maximum absolute atomic E-state index is 9.33. The fraction of sp³-hybridized carbons (Fsp3) is 0.500. The van der Waals surface area contributed by atoms with Gasteiger partial charge in [-0.1, -0.05) is 54.6 Å². The Bertz CT molecular complexity index is 1440. The van der Waals surface area contributed by atoms with Crippen LogP contribution in [0.25, 0.3) is 0 Å². The third-order valence-corrected chi connectivity index (χ3v) is 10.4. The highest BCUT2D eigenvalue weighted by atomic mass is 31.2. The van der Waals surface area contributed by atoms with Crippen LogP contribution in [0.4, 0.5) is 0 Å². The summed E-state index contributed by atoms with van der Waals surface area (Å²) in [5, 5.41) is 10.9. The van der Waals surface area contributed by atoms with Crippen molar-refractivity contribution in [1.29, 1.82) is 5.26 Å². The quantitative estimate of drug-likeness (QED) is 0.0426. The van der Waals surface area contributed by atoms with Gasteiger partial charge in [-0.25, -0.2) is 4.67 Å². The molecule has 274 valence electrons. The fourth-order valence-electron chi connectivity index (χ4n) is 6.05. The maximum atomic E-state index is 9.33. The largest absolute Gasteiger partial charge is 0.497 e. The molecule has 1 aliphatic heterocycles. The Labute approximate surface area is 305 Å². The van der Waals surface area contributed by atoms with Crippen molar-refractivity contribution >= 4 is 16.4 Å². The van der Waals surface area contributed by atoms with E-state index in [0.717, 1.165) is 16.7 Å². The first kappa shape index (κ1) is 40.7. The zero-order valence-electron chi connectivity index (χ0n) is 30.9. The molecule has 5 atom stereocenters. The molecule has 1 aliphatic rings. The average molecular weight is 720 g/mol. The van der Waals surface area contributed by atoms with Gasteiger partial charge in [0.2, 0.25) is 0 Å². The molecule has 1 heterocycles. The highest BCUT2D eigenvalue weighted by molar-refractivity contribution is 7.44. The van der Waals surface area contributed by atoms with E-state index in [-0.39, 0.29) is 38.3 Å². The highest BCUT2D eigenvalue weighted by Gasteiger charge is 2.52. The third kappa shape index (κ3) is 10.3. The van der Waals surface area contributed by atoms with Crippen LogP contribution in [-0.2, 0) is 33.7 Å². The monoisotopic (exact) mass is 719 g/mol. The molecule has 4 rings (SSSR count). The summed E-state index contributed by atoms with van der Waals surface area (Å²) in [5.41, 5.74) is 1.25. The SMILES string of the molecule is [B]C1OC(OC(c2ccccc2)(c2ccc(OC)cc2)c2ccc(OC)cc2)C(OP(OCCC#N)N(C(C)C)C(C)C)C1OCCON(C)C. The summed E-state index contributed by atoms with van der Waals surface area (Å²) in [4.78, 5) is 5.61. The van der Waals surface area contributed by atoms with E-state index >= 15 is 0 Å². The second-order valence-corrected chi connectivity index (χ2v) is 14.1. The molecule has 0 aromatic heterocycles. The fourth-order valence-corrected chi connectivity index (χ4v) is 7.78. The first-order chi connectivity index (χ1) is 24.5. The van der Waals surface area contributed by atoms with Gasteiger partial charge >= 0.3 is 0 Å². The second kappa shape index (κ2) is 19.7. The molecule has 0 spiro atoms. The van der Waals surface area contributed by atoms with E-state index in [9.17, 15) is 5.26 Å². The number of nitriles is 1. The van der Waals surface area contributed by atoms with E-state index in [2.05, 4.69) is 38.4 Å². The number of methoxy groups -OCH3 is 2. The van der Waals surface area contributed by atoms with Gasteiger partial charge < -0.3 is 32.7 Å². The van der Waals surface area contributed by atoms with E-state index < -0.39 is 38.6 Å². The van der Waals surface area contributed by atoms with E-state index in [1.807, 2.05) is 78.9 Å². The summed E-state index contributed by atoms with van der Waals surface area (Å²) in [6.45, 7) is 9.03. The lowest BCUT2D eigenvalue weighted by Crippen LogP contribution is -2.45. The van der Waals surface area contributed by atoms with Gasteiger partial charge in [0.05, 0.1) is 46.5 Å². The predicted molar refractivity (Wildman–Crippen MR) is 197 cm³/mol. The summed E-state index contributed by atoms with van der Waals surface area (Å²) in [6.07, 6.45) is -2.45. The molecule has 5 unspecified atom stereocenters. The molecule has 3 aromatic carbocycles. The van der Waals surface area contributed by atoms with Crippen molar-refractivity contribution in [2.24, 2.45) is 0 Å². The molecule has 51 heavy (non-hydrogen) atoms. The number of hydrogen-bond donors (Lipinski definition) is 0. The van der Waals surface area contributed by atoms with Crippen LogP contribution in [0.2, 0.25) is 0 Å². The number of hydroxylamine groups is 2. The number of nitrogens with zero attached hydrogens (tertiary/aromatic N) is 3. The van der Waals surface area contributed by atoms with Crippen molar-refractivity contribution in [3.05, 3.63) is 95.6 Å². The molecule has 0 amide bonds. The minimum absolute atomic E-state index is 0.0587. The topological polar surface area (TPSA) is 104 Å². The minimum Gasteiger partial charge on any atom is -0.497 e. The second-order valence-electron chi connectivity index (χ2n) is 12.7. The normalized spacial score (nSPS) is 19.9. The van der Waals surface area contributed by atoms with Crippen molar-refractivity contribution in [3.8, 4) is 17.6 Å². The summed E-state index contributed by atoms with van der Waals surface area (Å²) in [6, 6.07) is 26.8. The van der Waals surface area contributed by atoms with Gasteiger partial charge in [0.1, 0.15) is 37.2 Å². The smallest absolute Gasteiger partial charge is 0.259 e. The Balaban J connectivity index is 1.87. The van der Waals surface area contributed by atoms with Gasteiger partial charge in [0, 0.05) is 32.2 Å². The molecular weight excluding hydrogens is 668 g/mol. The molecule has 0 N–H and O–H groups in total. The lowest BCUT2D eigenvalue weighted by Gasteiger charge is -2.41. The molecule has 0 aliphatic carbocycles. The molecule has 2 radical (unpaired) electrons. The summed E-state index contributed by atoms with van der Waals surface area (Å²) >= 11 is 0. The van der Waals surface area contributed by atoms with E-state index in [1.54, 1.807) is 33.4 Å². The molecule has 0 saturated carbocycles. The third-order valence-electron chi connectivity index (χ3n) is 8.29. The van der Waals surface area contributed by atoms with Gasteiger partial charge in [-0.05, 0) is 68.7 Å². The van der Waals surface area contributed by atoms with Crippen LogP contribution in [0.1, 0.15) is 50.8 Å². The van der Waals surface area contributed by atoms with Gasteiger partial charge in [0.25, 0.3) is 8.53 Å². The minimum atomic E-state index is -1.73. The zero-order chi connectivity index (χ0) is 37.0. The predicted octanol–water partition coefficient (Wildman–Crippen LogP) is 6.40. The lowest BCUT2D eigenvalue weighted by molar-refractivity contribution is -0.199. The maximum Gasteiger partial charge on any atom is 0.259 e. The molecule has 1 fully saturated rings. The van der Waals surface area contributed by atoms with Gasteiger partial charge in [-0.3, -0.25) is 4.84 Å². The molecule has 13 heteroatoms. The van der Waals surface area contributed by atoms with Gasteiger partial charge in [-0.2, -0.15) is 10.3 Å². The summed E-state index contributed by atoms with van der Waals surface area (Å²) in [7, 11) is 11.9. The van der Waals surface area contributed by atoms with Crippen LogP contribution in [0.3, 0.4) is 0 Å². The Hall–Kier alpha value is -3.08. The van der Waals surface area contributed by atoms with E-state index in [1.165, 1.54) is 0 Å². The van der Waals surface area contributed by atoms with Gasteiger partial charge in [-0.15, -0.1) is 0 Å². The van der Waals surface area contributed by atoms with Crippen LogP contribution in [0, 0.1) is 11.3 Å². The average Bonchev–Trinajstić information content (AvgIpc) is 3.41. The molecule has 0 bridgehead atoms. The van der Waals surface area contributed by atoms with Crippen LogP contribution in [0.15, 0.2) is 78.9 Å². The Morgan fingerprint density at radius 2 is 1.35 bits per heavy atom. The molecule has 3 aromatic rings. The first-order valence-corrected chi connectivity index (χ1v) is 18.3. The van der Waals surface area contributed by atoms with Crippen LogP contribution in [-0.4, -0.2) is 102 Å². The van der Waals surface area contributed by atoms with Crippen molar-refractivity contribution < 1.29 is 37.6 Å². The first-order valence-electron chi connectivity index (χ1n) is 17.2. The number of benzene rings is 3. The van der Waals surface area contributed by atoms with Crippen LogP contribution < -0.4 is 9.47 Å². The van der Waals surface area contributed by atoms with E-state index in [0.29, 0.717) is 11.5 Å². The Morgan fingerprint density at radius 3 is 1.84 bits per heavy atom. The van der Waals surface area contributed by atoms with E-state index in [4.69, 9.17) is 45.4 Å². The van der Waals surface area contributed by atoms with Gasteiger partial charge in [0.15, 0.2) is 6.29 Å². The van der Waals surface area contributed by atoms with Crippen molar-refractivity contribution in [3.63, 3.8) is 0 Å². The zero-order valence-corrected chi connectivity index (χ0v) is 31.8. The summed E-state index contributed by atoms with van der Waals surface area (Å²) in [5.74, 6) is 1.40. The molecular formula is C38H51BN3O8P. The van der Waals surface area contributed by atoms with Crippen LogP contribution in [0.5, 0.6) is 11.5 Å². The van der Waals surface area contributed by atoms with Crippen molar-refractivity contribution in [2.75, 3.05) is 48.1 Å². The number of rotatable bonds is 20. The molecule has 11 nitrogen and oxygen atoms in total. The van der Waals surface area contributed by atoms with Crippen molar-refractivity contribution in [1.82, 2.24) is 9.73 Å². The highest BCUT2D eigenvalue weighted by Crippen LogP contribution is 2.51. The Kier molecular flexibility index (Phi) is 15.7.